The molecule has 0 saturated heterocycles. The van der Waals surface area contributed by atoms with Gasteiger partial charge >= 0.3 is 0 Å². The van der Waals surface area contributed by atoms with Crippen LogP contribution in [0, 0.1) is 0 Å². The number of aliphatic hydroxyl groups excluding tert-OH is 1. The lowest BCUT2D eigenvalue weighted by Crippen LogP contribution is -2.08. The number of aromatic nitrogens is 3. The van der Waals surface area contributed by atoms with Gasteiger partial charge in [-0.3, -0.25) is 0 Å². The van der Waals surface area contributed by atoms with E-state index >= 15 is 0 Å². The van der Waals surface area contributed by atoms with Crippen LogP contribution in [0.4, 0.5) is 0 Å². The lowest BCUT2D eigenvalue weighted by Gasteiger charge is -2.11. The zero-order chi connectivity index (χ0) is 13.1. The van der Waals surface area contributed by atoms with Crippen LogP contribution in [0.15, 0.2) is 28.9 Å². The Hall–Kier alpha value is -1.40. The van der Waals surface area contributed by atoms with E-state index in [4.69, 9.17) is 4.74 Å². The first-order valence-electron chi connectivity index (χ1n) is 5.48. The van der Waals surface area contributed by atoms with E-state index < -0.39 is 6.10 Å². The minimum Gasteiger partial charge on any atom is -0.497 e. The van der Waals surface area contributed by atoms with Gasteiger partial charge < -0.3 is 9.84 Å². The molecule has 2 rings (SSSR count). The van der Waals surface area contributed by atoms with E-state index in [1.807, 2.05) is 24.3 Å². The highest BCUT2D eigenvalue weighted by molar-refractivity contribution is 9.10. The number of halogens is 1. The van der Waals surface area contributed by atoms with Crippen LogP contribution in [-0.2, 0) is 13.5 Å². The number of ether oxygens (including phenoxy) is 1. The van der Waals surface area contributed by atoms with Crippen molar-refractivity contribution in [1.29, 1.82) is 0 Å². The fourth-order valence-corrected chi connectivity index (χ4v) is 2.40. The lowest BCUT2D eigenvalue weighted by atomic mass is 10.1. The van der Waals surface area contributed by atoms with Crippen LogP contribution in [-0.4, -0.2) is 27.2 Å². The van der Waals surface area contributed by atoms with Gasteiger partial charge in [0.25, 0.3) is 0 Å². The molecule has 1 heterocycles. The third kappa shape index (κ3) is 2.70. The molecule has 1 N–H and O–H groups in total. The highest BCUT2D eigenvalue weighted by Gasteiger charge is 2.18. The summed E-state index contributed by atoms with van der Waals surface area (Å²) in [6.45, 7) is 0. The second-order valence-corrected chi connectivity index (χ2v) is 4.71. The van der Waals surface area contributed by atoms with Crippen molar-refractivity contribution in [3.05, 3.63) is 40.1 Å². The summed E-state index contributed by atoms with van der Waals surface area (Å²) in [5, 5.41) is 17.9. The maximum atomic E-state index is 10.2. The molecular weight excluding hydrogens is 298 g/mol. The molecule has 0 aliphatic rings. The molecule has 5 nitrogen and oxygen atoms in total. The van der Waals surface area contributed by atoms with Crippen LogP contribution in [0.1, 0.15) is 17.4 Å². The molecule has 0 aliphatic carbocycles. The number of rotatable bonds is 4. The Labute approximate surface area is 114 Å². The number of benzene rings is 1. The summed E-state index contributed by atoms with van der Waals surface area (Å²) < 4.78 is 7.29. The molecule has 18 heavy (non-hydrogen) atoms. The summed E-state index contributed by atoms with van der Waals surface area (Å²) in [4.78, 5) is 0. The van der Waals surface area contributed by atoms with Crippen LogP contribution in [0.2, 0.25) is 0 Å². The zero-order valence-corrected chi connectivity index (χ0v) is 11.8. The highest BCUT2D eigenvalue weighted by Crippen LogP contribution is 2.24. The van der Waals surface area contributed by atoms with E-state index in [2.05, 4.69) is 26.2 Å². The Bertz CT molecular complexity index is 522. The smallest absolute Gasteiger partial charge is 0.154 e. The summed E-state index contributed by atoms with van der Waals surface area (Å²) >= 11 is 3.28. The average Bonchev–Trinajstić information content (AvgIpc) is 2.69. The van der Waals surface area contributed by atoms with E-state index in [1.54, 1.807) is 18.8 Å². The minimum absolute atomic E-state index is 0.483. The maximum Gasteiger partial charge on any atom is 0.154 e. The molecule has 0 spiro atoms. The molecule has 1 unspecified atom stereocenters. The van der Waals surface area contributed by atoms with Crippen LogP contribution >= 0.6 is 15.9 Å². The number of methoxy groups -OCH3 is 1. The van der Waals surface area contributed by atoms with Gasteiger partial charge in [0.15, 0.2) is 4.60 Å². The van der Waals surface area contributed by atoms with Crippen LogP contribution < -0.4 is 4.74 Å². The summed E-state index contributed by atoms with van der Waals surface area (Å²) in [7, 11) is 3.37. The zero-order valence-electron chi connectivity index (χ0n) is 10.2. The average molecular weight is 312 g/mol. The Morgan fingerprint density at radius 3 is 2.89 bits per heavy atom. The molecule has 0 saturated carbocycles. The molecule has 1 atom stereocenters. The van der Waals surface area contributed by atoms with Crippen molar-refractivity contribution in [3.63, 3.8) is 0 Å². The van der Waals surface area contributed by atoms with E-state index in [1.165, 1.54) is 0 Å². The predicted octanol–water partition coefficient (Wildman–Crippen LogP) is 1.86. The molecule has 1 aromatic carbocycles. The second kappa shape index (κ2) is 5.49. The normalized spacial score (nSPS) is 12.4. The summed E-state index contributed by atoms with van der Waals surface area (Å²) in [5.41, 5.74) is 1.66. The monoisotopic (exact) mass is 311 g/mol. The molecule has 2 aromatic rings. The molecule has 0 bridgehead atoms. The molecule has 0 aliphatic heterocycles. The summed E-state index contributed by atoms with van der Waals surface area (Å²) in [6, 6.07) is 7.62. The standard InChI is InChI=1S/C12H14BrN3O2/c1-16-11(12(13)14-15-16)10(17)7-8-4-3-5-9(6-8)18-2/h3-6,10,17H,7H2,1-2H3. The second-order valence-electron chi connectivity index (χ2n) is 3.96. The van der Waals surface area contributed by atoms with Gasteiger partial charge in [0.2, 0.25) is 0 Å². The number of hydrogen-bond acceptors (Lipinski definition) is 4. The largest absolute Gasteiger partial charge is 0.497 e. The predicted molar refractivity (Wildman–Crippen MR) is 70.4 cm³/mol. The van der Waals surface area contributed by atoms with E-state index in [-0.39, 0.29) is 0 Å². The SMILES string of the molecule is COc1cccc(CC(O)c2c(Br)nnn2C)c1. The van der Waals surface area contributed by atoms with Gasteiger partial charge in [-0.1, -0.05) is 17.3 Å². The molecule has 0 radical (unpaired) electrons. The third-order valence-electron chi connectivity index (χ3n) is 2.71. The molecule has 6 heteroatoms. The minimum atomic E-state index is -0.661. The third-order valence-corrected chi connectivity index (χ3v) is 3.27. The van der Waals surface area contributed by atoms with Gasteiger partial charge in [0, 0.05) is 13.5 Å². The molecular formula is C12H14BrN3O2. The number of aliphatic hydroxyl groups is 1. The van der Waals surface area contributed by atoms with Crippen LogP contribution in [0.3, 0.4) is 0 Å². The van der Waals surface area contributed by atoms with E-state index in [9.17, 15) is 5.11 Å². The van der Waals surface area contributed by atoms with Crippen molar-refractivity contribution in [1.82, 2.24) is 15.0 Å². The Balaban J connectivity index is 2.18. The number of hydrogen-bond donors (Lipinski definition) is 1. The molecule has 1 aromatic heterocycles. The Morgan fingerprint density at radius 2 is 2.28 bits per heavy atom. The van der Waals surface area contributed by atoms with Gasteiger partial charge in [-0.15, -0.1) is 5.10 Å². The van der Waals surface area contributed by atoms with Crippen molar-refractivity contribution >= 4 is 15.9 Å². The summed E-state index contributed by atoms with van der Waals surface area (Å²) in [5.74, 6) is 0.780. The van der Waals surface area contributed by atoms with E-state index in [0.717, 1.165) is 11.3 Å². The van der Waals surface area contributed by atoms with Crippen LogP contribution in [0.5, 0.6) is 5.75 Å². The number of aryl methyl sites for hydroxylation is 1. The lowest BCUT2D eigenvalue weighted by molar-refractivity contribution is 0.167. The van der Waals surface area contributed by atoms with Gasteiger partial charge in [-0.2, -0.15) is 0 Å². The fraction of sp³-hybridized carbons (Fsp3) is 0.333. The Morgan fingerprint density at radius 1 is 1.50 bits per heavy atom. The van der Waals surface area contributed by atoms with Crippen molar-refractivity contribution in [2.24, 2.45) is 7.05 Å². The van der Waals surface area contributed by atoms with Crippen molar-refractivity contribution < 1.29 is 9.84 Å². The van der Waals surface area contributed by atoms with Crippen LogP contribution in [0.25, 0.3) is 0 Å². The first kappa shape index (κ1) is 13.0. The Kier molecular flexibility index (Phi) is 3.98. The maximum absolute atomic E-state index is 10.2. The molecule has 0 fully saturated rings. The number of nitrogens with zero attached hydrogens (tertiary/aromatic N) is 3. The highest BCUT2D eigenvalue weighted by atomic mass is 79.9. The van der Waals surface area contributed by atoms with Gasteiger partial charge in [-0.25, -0.2) is 4.68 Å². The molecule has 96 valence electrons. The quantitative estimate of drug-likeness (QED) is 0.936. The van der Waals surface area contributed by atoms with E-state index in [0.29, 0.717) is 16.7 Å². The first-order chi connectivity index (χ1) is 8.61. The fourth-order valence-electron chi connectivity index (χ4n) is 1.81. The van der Waals surface area contributed by atoms with Gasteiger partial charge in [0.1, 0.15) is 17.5 Å². The van der Waals surface area contributed by atoms with Gasteiger partial charge in [0.05, 0.1) is 7.11 Å². The van der Waals surface area contributed by atoms with Crippen molar-refractivity contribution in [2.45, 2.75) is 12.5 Å². The van der Waals surface area contributed by atoms with Crippen molar-refractivity contribution in [3.8, 4) is 5.75 Å². The molecule has 0 amide bonds. The topological polar surface area (TPSA) is 60.2 Å². The first-order valence-corrected chi connectivity index (χ1v) is 6.27. The van der Waals surface area contributed by atoms with Crippen molar-refractivity contribution in [2.75, 3.05) is 7.11 Å². The summed E-state index contributed by atoms with van der Waals surface area (Å²) in [6.07, 6.45) is -0.178. The van der Waals surface area contributed by atoms with Gasteiger partial charge in [-0.05, 0) is 33.6 Å².